The van der Waals surface area contributed by atoms with Crippen molar-refractivity contribution in [1.82, 2.24) is 10.2 Å². The summed E-state index contributed by atoms with van der Waals surface area (Å²) >= 11 is 12.5. The first-order valence-corrected chi connectivity index (χ1v) is 14.6. The molecule has 0 bridgehead atoms. The van der Waals surface area contributed by atoms with E-state index >= 15 is 0 Å². The van der Waals surface area contributed by atoms with Crippen LogP contribution >= 0.6 is 23.2 Å². The summed E-state index contributed by atoms with van der Waals surface area (Å²) in [5.41, 5.74) is 1.79. The van der Waals surface area contributed by atoms with E-state index in [9.17, 15) is 22.8 Å². The summed E-state index contributed by atoms with van der Waals surface area (Å²) in [5.74, 6) is -1.32. The summed E-state index contributed by atoms with van der Waals surface area (Å²) in [6.07, 6.45) is 1.15. The second-order valence-electron chi connectivity index (χ2n) is 8.95. The van der Waals surface area contributed by atoms with Gasteiger partial charge < -0.3 is 10.2 Å². The van der Waals surface area contributed by atoms with E-state index < -0.39 is 34.4 Å². The molecule has 0 fully saturated rings. The lowest BCUT2D eigenvalue weighted by atomic mass is 10.0. The van der Waals surface area contributed by atoms with Gasteiger partial charge in [-0.25, -0.2) is 8.42 Å². The van der Waals surface area contributed by atoms with E-state index in [4.69, 9.17) is 23.2 Å². The Hall–Kier alpha value is -3.40. The van der Waals surface area contributed by atoms with Crippen molar-refractivity contribution in [3.8, 4) is 0 Å². The number of anilines is 1. The number of sulfonamides is 1. The highest BCUT2D eigenvalue weighted by molar-refractivity contribution is 7.92. The molecule has 0 saturated carbocycles. The highest BCUT2D eigenvalue weighted by atomic mass is 35.5. The predicted molar refractivity (Wildman–Crippen MR) is 154 cm³/mol. The minimum absolute atomic E-state index is 0.0785. The standard InChI is InChI=1S/C28H29Cl2N3O5S/c1-19(34)21-10-7-11-24(15-21)33(39(3,37)38)18-27(35)32(17-22-12-13-23(29)16-25(22)30)26(28(36)31-2)14-20-8-5-4-6-9-20/h4-13,15-16,26H,14,17-18H2,1-3H3,(H,31,36)/t26-/m1/s1. The van der Waals surface area contributed by atoms with Gasteiger partial charge in [0, 0.05) is 35.6 Å². The maximum absolute atomic E-state index is 13.9. The van der Waals surface area contributed by atoms with Gasteiger partial charge in [0.05, 0.1) is 11.9 Å². The number of likely N-dealkylation sites (N-methyl/N-ethyl adjacent to an activating group) is 1. The number of carbonyl (C=O) groups excluding carboxylic acids is 3. The Kier molecular flexibility index (Phi) is 10.1. The van der Waals surface area contributed by atoms with Crippen LogP contribution in [0, 0.1) is 0 Å². The second kappa shape index (κ2) is 13.1. The van der Waals surface area contributed by atoms with Crippen LogP contribution < -0.4 is 9.62 Å². The fourth-order valence-electron chi connectivity index (χ4n) is 4.05. The molecule has 0 aliphatic rings. The maximum Gasteiger partial charge on any atom is 0.244 e. The van der Waals surface area contributed by atoms with Crippen molar-refractivity contribution in [2.45, 2.75) is 25.9 Å². The van der Waals surface area contributed by atoms with E-state index in [0.29, 0.717) is 21.2 Å². The van der Waals surface area contributed by atoms with Gasteiger partial charge in [-0.2, -0.15) is 0 Å². The third-order valence-corrected chi connectivity index (χ3v) is 7.82. The molecule has 3 aromatic rings. The molecule has 11 heteroatoms. The van der Waals surface area contributed by atoms with Crippen LogP contribution in [-0.4, -0.2) is 56.8 Å². The molecule has 0 aliphatic heterocycles. The molecule has 206 valence electrons. The molecule has 0 aromatic heterocycles. The molecular weight excluding hydrogens is 561 g/mol. The van der Waals surface area contributed by atoms with E-state index in [-0.39, 0.29) is 24.4 Å². The number of nitrogens with zero attached hydrogens (tertiary/aromatic N) is 2. The molecule has 1 atom stereocenters. The summed E-state index contributed by atoms with van der Waals surface area (Å²) < 4.78 is 26.6. The number of ketones is 1. The highest BCUT2D eigenvalue weighted by Crippen LogP contribution is 2.25. The van der Waals surface area contributed by atoms with Crippen molar-refractivity contribution in [2.75, 3.05) is 24.2 Å². The summed E-state index contributed by atoms with van der Waals surface area (Å²) in [6.45, 7) is 0.683. The lowest BCUT2D eigenvalue weighted by molar-refractivity contribution is -0.139. The minimum Gasteiger partial charge on any atom is -0.357 e. The third kappa shape index (κ3) is 8.05. The SMILES string of the molecule is CNC(=O)[C@@H](Cc1ccccc1)N(Cc1ccc(Cl)cc1Cl)C(=O)CN(c1cccc(C(C)=O)c1)S(C)(=O)=O. The van der Waals surface area contributed by atoms with Crippen LogP contribution in [-0.2, 0) is 32.6 Å². The van der Waals surface area contributed by atoms with E-state index in [1.807, 2.05) is 30.3 Å². The van der Waals surface area contributed by atoms with Crippen molar-refractivity contribution >= 4 is 56.5 Å². The zero-order valence-corrected chi connectivity index (χ0v) is 24.1. The number of benzene rings is 3. The van der Waals surface area contributed by atoms with Gasteiger partial charge in [-0.15, -0.1) is 0 Å². The Bertz CT molecular complexity index is 1470. The molecule has 0 aliphatic carbocycles. The van der Waals surface area contributed by atoms with Gasteiger partial charge in [0.15, 0.2) is 5.78 Å². The molecule has 8 nitrogen and oxygen atoms in total. The first-order chi connectivity index (χ1) is 18.4. The number of hydrogen-bond donors (Lipinski definition) is 1. The summed E-state index contributed by atoms with van der Waals surface area (Å²) in [6, 6.07) is 19.0. The Morgan fingerprint density at radius 2 is 1.64 bits per heavy atom. The van der Waals surface area contributed by atoms with Crippen molar-refractivity contribution < 1.29 is 22.8 Å². The third-order valence-electron chi connectivity index (χ3n) is 6.09. The smallest absolute Gasteiger partial charge is 0.244 e. The molecule has 0 saturated heterocycles. The van der Waals surface area contributed by atoms with Crippen LogP contribution in [0.3, 0.4) is 0 Å². The monoisotopic (exact) mass is 589 g/mol. The van der Waals surface area contributed by atoms with Crippen molar-refractivity contribution in [3.63, 3.8) is 0 Å². The Labute approximate surface area is 238 Å². The number of carbonyl (C=O) groups is 3. The van der Waals surface area contributed by atoms with Crippen molar-refractivity contribution in [3.05, 3.63) is 99.5 Å². The van der Waals surface area contributed by atoms with Crippen LogP contribution in [0.2, 0.25) is 10.0 Å². The summed E-state index contributed by atoms with van der Waals surface area (Å²) in [4.78, 5) is 40.3. The van der Waals surface area contributed by atoms with Crippen LogP contribution in [0.5, 0.6) is 0 Å². The quantitative estimate of drug-likeness (QED) is 0.335. The Balaban J connectivity index is 2.07. The average molecular weight is 591 g/mol. The molecule has 3 aromatic carbocycles. The van der Waals surface area contributed by atoms with Crippen LogP contribution in [0.25, 0.3) is 0 Å². The van der Waals surface area contributed by atoms with E-state index in [1.165, 1.54) is 37.1 Å². The molecule has 0 radical (unpaired) electrons. The summed E-state index contributed by atoms with van der Waals surface area (Å²) in [7, 11) is -2.49. The summed E-state index contributed by atoms with van der Waals surface area (Å²) in [5, 5.41) is 3.31. The fourth-order valence-corrected chi connectivity index (χ4v) is 5.36. The average Bonchev–Trinajstić information content (AvgIpc) is 2.89. The lowest BCUT2D eigenvalue weighted by Crippen LogP contribution is -2.52. The molecule has 0 unspecified atom stereocenters. The first kappa shape index (κ1) is 30.1. The van der Waals surface area contributed by atoms with E-state index in [2.05, 4.69) is 5.32 Å². The number of halogens is 2. The largest absolute Gasteiger partial charge is 0.357 e. The first-order valence-electron chi connectivity index (χ1n) is 12.0. The number of rotatable bonds is 11. The van der Waals surface area contributed by atoms with Crippen LogP contribution in [0.15, 0.2) is 72.8 Å². The molecule has 39 heavy (non-hydrogen) atoms. The molecule has 0 heterocycles. The van der Waals surface area contributed by atoms with Gasteiger partial charge in [-0.3, -0.25) is 18.7 Å². The van der Waals surface area contributed by atoms with Gasteiger partial charge in [0.2, 0.25) is 21.8 Å². The number of nitrogens with one attached hydrogen (secondary N) is 1. The van der Waals surface area contributed by atoms with Crippen LogP contribution in [0.4, 0.5) is 5.69 Å². The van der Waals surface area contributed by atoms with Crippen molar-refractivity contribution in [2.24, 2.45) is 0 Å². The minimum atomic E-state index is -3.96. The number of amides is 2. The number of Topliss-reactive ketones (excluding diaryl/α,β-unsaturated/α-hetero) is 1. The highest BCUT2D eigenvalue weighted by Gasteiger charge is 2.33. The normalized spacial score (nSPS) is 11.9. The lowest BCUT2D eigenvalue weighted by Gasteiger charge is -2.33. The van der Waals surface area contributed by atoms with Crippen molar-refractivity contribution in [1.29, 1.82) is 0 Å². The second-order valence-corrected chi connectivity index (χ2v) is 11.7. The van der Waals surface area contributed by atoms with Crippen LogP contribution in [0.1, 0.15) is 28.4 Å². The maximum atomic E-state index is 13.9. The Morgan fingerprint density at radius 1 is 0.949 bits per heavy atom. The molecule has 2 amide bonds. The van der Waals surface area contributed by atoms with E-state index in [1.54, 1.807) is 24.3 Å². The van der Waals surface area contributed by atoms with Gasteiger partial charge >= 0.3 is 0 Å². The van der Waals surface area contributed by atoms with E-state index in [0.717, 1.165) is 16.1 Å². The van der Waals surface area contributed by atoms with Gasteiger partial charge in [0.25, 0.3) is 0 Å². The Morgan fingerprint density at radius 3 is 2.23 bits per heavy atom. The van der Waals surface area contributed by atoms with Gasteiger partial charge in [-0.05, 0) is 42.3 Å². The molecule has 1 N–H and O–H groups in total. The number of hydrogen-bond acceptors (Lipinski definition) is 5. The zero-order chi connectivity index (χ0) is 28.7. The van der Waals surface area contributed by atoms with Gasteiger partial charge in [0.1, 0.15) is 12.6 Å². The fraction of sp³-hybridized carbons (Fsp3) is 0.250. The molecule has 3 rings (SSSR count). The molecule has 0 spiro atoms. The predicted octanol–water partition coefficient (Wildman–Crippen LogP) is 4.35. The molecular formula is C28H29Cl2N3O5S. The zero-order valence-electron chi connectivity index (χ0n) is 21.7. The van der Waals surface area contributed by atoms with Gasteiger partial charge in [-0.1, -0.05) is 71.7 Å². The topological polar surface area (TPSA) is 104 Å².